The molecule has 0 fully saturated rings. The molecule has 0 saturated carbocycles. The van der Waals surface area contributed by atoms with Gasteiger partial charge in [-0.15, -0.1) is 0 Å². The van der Waals surface area contributed by atoms with Crippen molar-refractivity contribution < 1.29 is 4.57 Å². The van der Waals surface area contributed by atoms with Gasteiger partial charge in [0, 0.05) is 13.1 Å². The number of hydrogen-bond donors (Lipinski definition) is 1. The summed E-state index contributed by atoms with van der Waals surface area (Å²) < 4.78 is 2.22. The highest BCUT2D eigenvalue weighted by Crippen LogP contribution is 2.14. The number of aryl methyl sites for hydroxylation is 2. The van der Waals surface area contributed by atoms with Crippen LogP contribution >= 0.6 is 11.3 Å². The summed E-state index contributed by atoms with van der Waals surface area (Å²) in [5.41, 5.74) is 10.4. The molecule has 2 rings (SSSR count). The smallest absolute Gasteiger partial charge is 0.225 e. The van der Waals surface area contributed by atoms with E-state index < -0.39 is 0 Å². The number of aromatic nitrogens is 3. The van der Waals surface area contributed by atoms with Gasteiger partial charge in [0.2, 0.25) is 5.51 Å². The van der Waals surface area contributed by atoms with Gasteiger partial charge in [-0.25, -0.2) is 9.97 Å². The Kier molecular flexibility index (Phi) is 3.91. The van der Waals surface area contributed by atoms with Crippen LogP contribution in [-0.4, -0.2) is 9.97 Å². The van der Waals surface area contributed by atoms with Crippen molar-refractivity contribution in [2.45, 2.75) is 40.2 Å². The van der Waals surface area contributed by atoms with E-state index in [0.29, 0.717) is 5.82 Å². The zero-order valence-electron chi connectivity index (χ0n) is 11.1. The average Bonchev–Trinajstić information content (AvgIpc) is 2.66. The topological polar surface area (TPSA) is 55.7 Å². The molecule has 0 aromatic carbocycles. The zero-order valence-corrected chi connectivity index (χ0v) is 11.9. The molecule has 0 aliphatic heterocycles. The molecule has 2 N–H and O–H groups in total. The summed E-state index contributed by atoms with van der Waals surface area (Å²) >= 11 is 1.81. The van der Waals surface area contributed by atoms with Crippen LogP contribution in [0.25, 0.3) is 0 Å². The Morgan fingerprint density at radius 1 is 1.39 bits per heavy atom. The molecular weight excluding hydrogens is 244 g/mol. The largest absolute Gasteiger partial charge is 0.383 e. The summed E-state index contributed by atoms with van der Waals surface area (Å²) in [5, 5.41) is 0. The van der Waals surface area contributed by atoms with Crippen LogP contribution in [0.3, 0.4) is 0 Å². The number of nitrogens with two attached hydrogens (primary N) is 1. The Morgan fingerprint density at radius 3 is 2.83 bits per heavy atom. The van der Waals surface area contributed by atoms with Gasteiger partial charge in [0.1, 0.15) is 11.6 Å². The van der Waals surface area contributed by atoms with E-state index in [2.05, 4.69) is 33.9 Å². The Balaban J connectivity index is 2.23. The Hall–Kier alpha value is -1.49. The molecule has 4 nitrogen and oxygen atoms in total. The number of anilines is 1. The lowest BCUT2D eigenvalue weighted by atomic mass is 10.2. The van der Waals surface area contributed by atoms with E-state index in [-0.39, 0.29) is 0 Å². The number of thiazole rings is 1. The third-order valence-electron chi connectivity index (χ3n) is 2.99. The van der Waals surface area contributed by atoms with Crippen LogP contribution in [0, 0.1) is 13.8 Å². The molecule has 0 radical (unpaired) electrons. The van der Waals surface area contributed by atoms with E-state index in [1.54, 1.807) is 0 Å². The normalized spacial score (nSPS) is 10.8. The predicted molar refractivity (Wildman–Crippen MR) is 73.5 cm³/mol. The second-order valence-corrected chi connectivity index (χ2v) is 5.38. The van der Waals surface area contributed by atoms with Gasteiger partial charge in [0.25, 0.3) is 0 Å². The quantitative estimate of drug-likeness (QED) is 0.859. The van der Waals surface area contributed by atoms with Crippen LogP contribution in [0.4, 0.5) is 5.82 Å². The Morgan fingerprint density at radius 2 is 2.17 bits per heavy atom. The van der Waals surface area contributed by atoms with E-state index in [4.69, 9.17) is 5.73 Å². The van der Waals surface area contributed by atoms with Crippen LogP contribution in [0.1, 0.15) is 35.3 Å². The maximum absolute atomic E-state index is 5.92. The third-order valence-corrected chi connectivity index (χ3v) is 4.14. The van der Waals surface area contributed by atoms with E-state index in [9.17, 15) is 0 Å². The second-order valence-electron chi connectivity index (χ2n) is 4.44. The first-order chi connectivity index (χ1) is 8.61. The van der Waals surface area contributed by atoms with Crippen LogP contribution < -0.4 is 10.3 Å². The molecule has 18 heavy (non-hydrogen) atoms. The molecule has 5 heteroatoms. The zero-order chi connectivity index (χ0) is 13.1. The van der Waals surface area contributed by atoms with Crippen molar-refractivity contribution in [2.75, 3.05) is 5.73 Å². The Labute approximate surface area is 112 Å². The summed E-state index contributed by atoms with van der Waals surface area (Å²) in [6, 6.07) is 0. The standard InChI is InChI=1S/C13H19N4S/c1-4-5-12-9(2)17(8-18-12)7-11-6-15-10(3)16-13(11)14/h6,8H,4-5,7H2,1-3H3,(H2,14,15,16)/q+1. The summed E-state index contributed by atoms with van der Waals surface area (Å²) in [5.74, 6) is 1.30. The van der Waals surface area contributed by atoms with E-state index in [0.717, 1.165) is 24.4 Å². The first-order valence-electron chi connectivity index (χ1n) is 6.16. The van der Waals surface area contributed by atoms with Gasteiger partial charge in [-0.2, -0.15) is 4.57 Å². The minimum absolute atomic E-state index is 0.581. The molecule has 0 unspecified atom stereocenters. The molecule has 0 amide bonds. The molecule has 0 aliphatic carbocycles. The molecule has 2 aromatic rings. The van der Waals surface area contributed by atoms with Crippen LogP contribution in [0.15, 0.2) is 11.7 Å². The lowest BCUT2D eigenvalue weighted by Gasteiger charge is -2.01. The van der Waals surface area contributed by atoms with Crippen molar-refractivity contribution in [2.24, 2.45) is 0 Å². The highest BCUT2D eigenvalue weighted by Gasteiger charge is 2.16. The SMILES string of the molecule is CCCc1sc[n+](Cc2cnc(C)nc2N)c1C. The van der Waals surface area contributed by atoms with E-state index in [1.165, 1.54) is 17.0 Å². The fourth-order valence-electron chi connectivity index (χ4n) is 1.89. The maximum atomic E-state index is 5.92. The van der Waals surface area contributed by atoms with Gasteiger partial charge >= 0.3 is 0 Å². The highest BCUT2D eigenvalue weighted by molar-refractivity contribution is 7.09. The lowest BCUT2D eigenvalue weighted by molar-refractivity contribution is -0.689. The molecule has 96 valence electrons. The van der Waals surface area contributed by atoms with Crippen LogP contribution in [-0.2, 0) is 13.0 Å². The van der Waals surface area contributed by atoms with Crippen LogP contribution in [0.2, 0.25) is 0 Å². The summed E-state index contributed by atoms with van der Waals surface area (Å²) in [6.07, 6.45) is 4.14. The second kappa shape index (κ2) is 5.44. The average molecular weight is 263 g/mol. The molecule has 0 spiro atoms. The molecule has 2 aromatic heterocycles. The highest BCUT2D eigenvalue weighted by atomic mass is 32.1. The van der Waals surface area contributed by atoms with E-state index >= 15 is 0 Å². The number of nitrogens with zero attached hydrogens (tertiary/aromatic N) is 3. The first kappa shape index (κ1) is 13.0. The minimum Gasteiger partial charge on any atom is -0.383 e. The number of rotatable bonds is 4. The van der Waals surface area contributed by atoms with Crippen molar-refractivity contribution in [3.63, 3.8) is 0 Å². The monoisotopic (exact) mass is 263 g/mol. The van der Waals surface area contributed by atoms with Crippen molar-refractivity contribution in [1.29, 1.82) is 0 Å². The molecule has 0 aliphatic rings. The van der Waals surface area contributed by atoms with Gasteiger partial charge in [0.05, 0.1) is 10.4 Å². The predicted octanol–water partition coefficient (Wildman–Crippen LogP) is 2.03. The van der Waals surface area contributed by atoms with Crippen molar-refractivity contribution >= 4 is 17.2 Å². The Bertz CT molecular complexity index is 548. The van der Waals surface area contributed by atoms with Crippen molar-refractivity contribution in [3.8, 4) is 0 Å². The van der Waals surface area contributed by atoms with Crippen molar-refractivity contribution in [1.82, 2.24) is 9.97 Å². The van der Waals surface area contributed by atoms with Gasteiger partial charge < -0.3 is 5.73 Å². The summed E-state index contributed by atoms with van der Waals surface area (Å²) in [7, 11) is 0. The fourth-order valence-corrected chi connectivity index (χ4v) is 2.99. The molecule has 0 bridgehead atoms. The first-order valence-corrected chi connectivity index (χ1v) is 7.04. The minimum atomic E-state index is 0.581. The number of nitrogen functional groups attached to an aromatic ring is 1. The van der Waals surface area contributed by atoms with E-state index in [1.807, 2.05) is 24.5 Å². The third kappa shape index (κ3) is 2.67. The number of hydrogen-bond acceptors (Lipinski definition) is 4. The van der Waals surface area contributed by atoms with Crippen molar-refractivity contribution in [3.05, 3.63) is 33.7 Å². The van der Waals surface area contributed by atoms with Gasteiger partial charge in [-0.05, 0) is 13.3 Å². The molecule has 2 heterocycles. The van der Waals surface area contributed by atoms with Crippen LogP contribution in [0.5, 0.6) is 0 Å². The lowest BCUT2D eigenvalue weighted by Crippen LogP contribution is -2.35. The van der Waals surface area contributed by atoms with Gasteiger partial charge in [0.15, 0.2) is 12.2 Å². The molecular formula is C13H19N4S+. The van der Waals surface area contributed by atoms with Gasteiger partial charge in [-0.3, -0.25) is 0 Å². The molecule has 0 saturated heterocycles. The van der Waals surface area contributed by atoms with Gasteiger partial charge in [-0.1, -0.05) is 24.7 Å². The molecule has 0 atom stereocenters. The summed E-state index contributed by atoms with van der Waals surface area (Å²) in [4.78, 5) is 9.86. The summed E-state index contributed by atoms with van der Waals surface area (Å²) in [6.45, 7) is 6.96. The maximum Gasteiger partial charge on any atom is 0.225 e. The fraction of sp³-hybridized carbons (Fsp3) is 0.462.